The molecule has 10 heteroatoms. The number of benzene rings is 3. The number of rotatable bonds is 8. The molecule has 0 fully saturated rings. The lowest BCUT2D eigenvalue weighted by atomic mass is 9.84. The average Bonchev–Trinajstić information content (AvgIpc) is 2.92. The van der Waals surface area contributed by atoms with E-state index in [4.69, 9.17) is 4.74 Å². The predicted molar refractivity (Wildman–Crippen MR) is 145 cm³/mol. The quantitative estimate of drug-likeness (QED) is 0.330. The van der Waals surface area contributed by atoms with Crippen molar-refractivity contribution in [1.82, 2.24) is 4.31 Å². The fourth-order valence-corrected chi connectivity index (χ4v) is 6.12. The predicted octanol–water partition coefficient (Wildman–Crippen LogP) is 3.98. The van der Waals surface area contributed by atoms with Crippen molar-refractivity contribution >= 4 is 39.2 Å². The van der Waals surface area contributed by atoms with Gasteiger partial charge in [-0.3, -0.25) is 14.4 Å². The monoisotopic (exact) mass is 548 g/mol. The summed E-state index contributed by atoms with van der Waals surface area (Å²) < 4.78 is 32.6. The number of nitrogens with zero attached hydrogens (tertiary/aromatic N) is 1. The molecule has 0 unspecified atom stereocenters. The number of anilines is 1. The van der Waals surface area contributed by atoms with Crippen LogP contribution in [-0.2, 0) is 19.6 Å². The van der Waals surface area contributed by atoms with Gasteiger partial charge in [-0.1, -0.05) is 44.2 Å². The summed E-state index contributed by atoms with van der Waals surface area (Å²) in [7, 11) is -3.81. The van der Waals surface area contributed by atoms with E-state index in [1.165, 1.54) is 47.6 Å². The van der Waals surface area contributed by atoms with Gasteiger partial charge in [-0.25, -0.2) is 13.2 Å². The van der Waals surface area contributed by atoms with Crippen LogP contribution in [0.3, 0.4) is 0 Å². The highest BCUT2D eigenvalue weighted by atomic mass is 32.2. The highest BCUT2D eigenvalue weighted by Crippen LogP contribution is 2.29. The SMILES string of the molecule is CCN(CC)S(=O)(=O)c1cc(C(=O)O[C@H](C)C(=O)Nc2ccc3c(c2)C(=O)c2ccccc2C3=O)ccc1C. The topological polar surface area (TPSA) is 127 Å². The summed E-state index contributed by atoms with van der Waals surface area (Å²) in [5.41, 5.74) is 1.76. The molecule has 0 aromatic heterocycles. The third kappa shape index (κ3) is 5.25. The second-order valence-electron chi connectivity index (χ2n) is 9.07. The zero-order valence-corrected chi connectivity index (χ0v) is 22.8. The number of sulfonamides is 1. The van der Waals surface area contributed by atoms with Gasteiger partial charge in [0.1, 0.15) is 0 Å². The molecule has 0 heterocycles. The molecular formula is C29H28N2O7S. The summed E-state index contributed by atoms with van der Waals surface area (Å²) >= 11 is 0. The van der Waals surface area contributed by atoms with Crippen LogP contribution in [0.15, 0.2) is 65.6 Å². The summed E-state index contributed by atoms with van der Waals surface area (Å²) in [6.07, 6.45) is -1.24. The number of carbonyl (C=O) groups excluding carboxylic acids is 4. The molecule has 1 amide bonds. The summed E-state index contributed by atoms with van der Waals surface area (Å²) in [5, 5.41) is 2.60. The molecule has 0 saturated heterocycles. The first-order valence-electron chi connectivity index (χ1n) is 12.4. The van der Waals surface area contributed by atoms with Gasteiger partial charge in [-0.2, -0.15) is 4.31 Å². The van der Waals surface area contributed by atoms with Crippen molar-refractivity contribution in [2.45, 2.75) is 38.7 Å². The van der Waals surface area contributed by atoms with Crippen LogP contribution in [0, 0.1) is 6.92 Å². The van der Waals surface area contributed by atoms with Gasteiger partial charge in [-0.15, -0.1) is 0 Å². The van der Waals surface area contributed by atoms with Crippen LogP contribution in [0.1, 0.15) is 68.5 Å². The molecule has 1 N–H and O–H groups in total. The first-order valence-corrected chi connectivity index (χ1v) is 13.9. The Balaban J connectivity index is 1.49. The molecule has 1 aliphatic rings. The number of amides is 1. The number of hydrogen-bond donors (Lipinski definition) is 1. The maximum Gasteiger partial charge on any atom is 0.338 e. The van der Waals surface area contributed by atoms with Crippen LogP contribution in [0.4, 0.5) is 5.69 Å². The minimum atomic E-state index is -3.81. The molecule has 4 rings (SSSR count). The van der Waals surface area contributed by atoms with Gasteiger partial charge in [0.25, 0.3) is 5.91 Å². The van der Waals surface area contributed by atoms with E-state index in [0.717, 1.165) is 0 Å². The Morgan fingerprint density at radius 2 is 1.46 bits per heavy atom. The van der Waals surface area contributed by atoms with Crippen LogP contribution in [0.2, 0.25) is 0 Å². The average molecular weight is 549 g/mol. The zero-order chi connectivity index (χ0) is 28.5. The van der Waals surface area contributed by atoms with Gasteiger partial charge >= 0.3 is 5.97 Å². The van der Waals surface area contributed by atoms with Crippen molar-refractivity contribution in [3.8, 4) is 0 Å². The zero-order valence-electron chi connectivity index (χ0n) is 22.0. The number of esters is 1. The molecule has 0 spiro atoms. The van der Waals surface area contributed by atoms with E-state index < -0.39 is 28.0 Å². The van der Waals surface area contributed by atoms with Crippen LogP contribution < -0.4 is 5.32 Å². The van der Waals surface area contributed by atoms with Gasteiger partial charge < -0.3 is 10.1 Å². The van der Waals surface area contributed by atoms with E-state index in [1.54, 1.807) is 45.0 Å². The second kappa shape index (κ2) is 10.9. The molecular weight excluding hydrogens is 520 g/mol. The van der Waals surface area contributed by atoms with Crippen LogP contribution in [-0.4, -0.2) is 55.4 Å². The van der Waals surface area contributed by atoms with Gasteiger partial charge in [0, 0.05) is 41.0 Å². The van der Waals surface area contributed by atoms with E-state index in [-0.39, 0.29) is 51.9 Å². The molecule has 0 bridgehead atoms. The van der Waals surface area contributed by atoms with Crippen molar-refractivity contribution in [2.24, 2.45) is 0 Å². The Morgan fingerprint density at radius 3 is 2.08 bits per heavy atom. The molecule has 39 heavy (non-hydrogen) atoms. The Labute approximate surface area is 226 Å². The maximum absolute atomic E-state index is 13.0. The summed E-state index contributed by atoms with van der Waals surface area (Å²) in [6.45, 7) is 7.02. The van der Waals surface area contributed by atoms with Crippen molar-refractivity contribution < 1.29 is 32.3 Å². The molecule has 0 saturated carbocycles. The molecule has 0 radical (unpaired) electrons. The van der Waals surface area contributed by atoms with Gasteiger partial charge in [0.15, 0.2) is 17.7 Å². The Hall–Kier alpha value is -4.15. The molecule has 3 aromatic carbocycles. The number of nitrogens with one attached hydrogen (secondary N) is 1. The maximum atomic E-state index is 13.0. The number of hydrogen-bond acceptors (Lipinski definition) is 7. The first-order chi connectivity index (χ1) is 18.5. The van der Waals surface area contributed by atoms with Crippen molar-refractivity contribution in [1.29, 1.82) is 0 Å². The lowest BCUT2D eigenvalue weighted by Crippen LogP contribution is -2.32. The highest BCUT2D eigenvalue weighted by Gasteiger charge is 2.30. The van der Waals surface area contributed by atoms with E-state index >= 15 is 0 Å². The summed E-state index contributed by atoms with van der Waals surface area (Å²) in [4.78, 5) is 51.3. The Bertz CT molecular complexity index is 1610. The van der Waals surface area contributed by atoms with E-state index in [0.29, 0.717) is 16.7 Å². The Kier molecular flexibility index (Phi) is 7.80. The highest BCUT2D eigenvalue weighted by molar-refractivity contribution is 7.89. The summed E-state index contributed by atoms with van der Waals surface area (Å²) in [6, 6.07) is 15.1. The molecule has 1 atom stereocenters. The third-order valence-corrected chi connectivity index (χ3v) is 8.78. The lowest BCUT2D eigenvalue weighted by Gasteiger charge is -2.20. The van der Waals surface area contributed by atoms with Crippen LogP contribution in [0.25, 0.3) is 0 Å². The fourth-order valence-electron chi connectivity index (χ4n) is 4.41. The summed E-state index contributed by atoms with van der Waals surface area (Å²) in [5.74, 6) is -2.13. The fraction of sp³-hybridized carbons (Fsp3) is 0.241. The van der Waals surface area contributed by atoms with Crippen molar-refractivity contribution in [3.05, 3.63) is 94.0 Å². The van der Waals surface area contributed by atoms with Crippen LogP contribution >= 0.6 is 0 Å². The van der Waals surface area contributed by atoms with Crippen LogP contribution in [0.5, 0.6) is 0 Å². The molecule has 9 nitrogen and oxygen atoms in total. The third-order valence-electron chi connectivity index (χ3n) is 6.59. The molecule has 1 aliphatic carbocycles. The Morgan fingerprint density at radius 1 is 0.872 bits per heavy atom. The van der Waals surface area contributed by atoms with E-state index in [1.807, 2.05) is 0 Å². The van der Waals surface area contributed by atoms with E-state index in [2.05, 4.69) is 5.32 Å². The number of aryl methyl sites for hydroxylation is 1. The van der Waals surface area contributed by atoms with Gasteiger partial charge in [0.2, 0.25) is 10.0 Å². The number of ketones is 2. The van der Waals surface area contributed by atoms with Gasteiger partial charge in [-0.05, 0) is 49.7 Å². The van der Waals surface area contributed by atoms with E-state index in [9.17, 15) is 27.6 Å². The first kappa shape index (κ1) is 27.9. The minimum Gasteiger partial charge on any atom is -0.449 e. The number of carbonyl (C=O) groups is 4. The second-order valence-corrected chi connectivity index (χ2v) is 11.0. The lowest BCUT2D eigenvalue weighted by molar-refractivity contribution is -0.123. The number of ether oxygens (including phenoxy) is 1. The molecule has 202 valence electrons. The normalized spacial score (nSPS) is 13.5. The minimum absolute atomic E-state index is 0.00685. The molecule has 3 aromatic rings. The van der Waals surface area contributed by atoms with Gasteiger partial charge in [0.05, 0.1) is 10.5 Å². The van der Waals surface area contributed by atoms with Crippen molar-refractivity contribution in [3.63, 3.8) is 0 Å². The standard InChI is InChI=1S/C29H28N2O7S/c1-5-31(6-2)39(36,37)25-15-19(12-11-17(25)3)29(35)38-18(4)28(34)30-20-13-14-23-24(16-20)27(33)22-10-8-7-9-21(22)26(23)32/h7-16,18H,5-6H2,1-4H3,(H,30,34)/t18-/m1/s1. The van der Waals surface area contributed by atoms with Crippen molar-refractivity contribution in [2.75, 3.05) is 18.4 Å². The molecule has 0 aliphatic heterocycles. The number of fused-ring (bicyclic) bond motifs is 2. The smallest absolute Gasteiger partial charge is 0.338 e. The largest absolute Gasteiger partial charge is 0.449 e.